The molecule has 1 atom stereocenters. The molecule has 3 N–H and O–H groups in total. The average Bonchev–Trinajstić information content (AvgIpc) is 2.82. The lowest BCUT2D eigenvalue weighted by Crippen LogP contribution is -2.44. The summed E-state index contributed by atoms with van der Waals surface area (Å²) >= 11 is 6.23. The van der Waals surface area contributed by atoms with Gasteiger partial charge in [-0.2, -0.15) is 0 Å². The van der Waals surface area contributed by atoms with E-state index >= 15 is 0 Å². The van der Waals surface area contributed by atoms with E-state index in [1.165, 1.54) is 0 Å². The molecule has 1 aliphatic rings. The quantitative estimate of drug-likeness (QED) is 0.536. The Hall–Kier alpha value is -2.39. The number of nitrogens with two attached hydrogens (primary N) is 1. The van der Waals surface area contributed by atoms with E-state index in [0.29, 0.717) is 4.91 Å². The molecule has 26 heavy (non-hydrogen) atoms. The molecular formula is C17H19N3O4S2. The second-order valence-electron chi connectivity index (χ2n) is 5.90. The first-order chi connectivity index (χ1) is 12.2. The molecule has 9 heteroatoms. The van der Waals surface area contributed by atoms with Gasteiger partial charge in [0.2, 0.25) is 5.91 Å². The van der Waals surface area contributed by atoms with E-state index in [-0.39, 0.29) is 17.2 Å². The monoisotopic (exact) mass is 393 g/mol. The predicted octanol–water partition coefficient (Wildman–Crippen LogP) is 1.67. The number of carbonyl (C=O) groups excluding carboxylic acids is 2. The highest BCUT2D eigenvalue weighted by Crippen LogP contribution is 2.35. The number of nitrogens with zero attached hydrogens (tertiary/aromatic N) is 2. The van der Waals surface area contributed by atoms with Crippen LogP contribution >= 0.6 is 24.0 Å². The summed E-state index contributed by atoms with van der Waals surface area (Å²) in [5.74, 6) is -2.33. The van der Waals surface area contributed by atoms with Crippen LogP contribution in [-0.2, 0) is 14.4 Å². The Morgan fingerprint density at radius 1 is 1.35 bits per heavy atom. The number of rotatable bonds is 7. The van der Waals surface area contributed by atoms with Crippen molar-refractivity contribution in [3.05, 3.63) is 34.7 Å². The first-order valence-electron chi connectivity index (χ1n) is 7.76. The lowest BCUT2D eigenvalue weighted by molar-refractivity contribution is -0.145. The summed E-state index contributed by atoms with van der Waals surface area (Å²) in [7, 11) is 3.86. The Bertz CT molecular complexity index is 775. The van der Waals surface area contributed by atoms with Crippen molar-refractivity contribution in [2.75, 3.05) is 19.0 Å². The van der Waals surface area contributed by atoms with Gasteiger partial charge in [-0.1, -0.05) is 36.1 Å². The Labute approximate surface area is 160 Å². The fourth-order valence-corrected chi connectivity index (χ4v) is 3.77. The normalized spacial score (nSPS) is 16.8. The molecular weight excluding hydrogens is 374 g/mol. The van der Waals surface area contributed by atoms with Gasteiger partial charge in [0.1, 0.15) is 10.4 Å². The highest BCUT2D eigenvalue weighted by molar-refractivity contribution is 8.26. The maximum atomic E-state index is 12.6. The average molecular weight is 393 g/mol. The Morgan fingerprint density at radius 3 is 2.46 bits per heavy atom. The van der Waals surface area contributed by atoms with Crippen molar-refractivity contribution in [3.8, 4) is 0 Å². The zero-order chi connectivity index (χ0) is 19.4. The second-order valence-corrected chi connectivity index (χ2v) is 7.57. The van der Waals surface area contributed by atoms with E-state index in [0.717, 1.165) is 27.9 Å². The third-order valence-corrected chi connectivity index (χ3v) is 5.12. The molecule has 1 aromatic rings. The van der Waals surface area contributed by atoms with E-state index in [1.54, 1.807) is 6.08 Å². The minimum Gasteiger partial charge on any atom is -0.480 e. The summed E-state index contributed by atoms with van der Waals surface area (Å²) in [6.07, 6.45) is 1.45. The molecule has 2 rings (SSSR count). The number of carboxylic acids is 1. The zero-order valence-corrected chi connectivity index (χ0v) is 16.0. The number of amides is 2. The van der Waals surface area contributed by atoms with E-state index in [1.807, 2.05) is 43.3 Å². The van der Waals surface area contributed by atoms with Crippen molar-refractivity contribution < 1.29 is 19.5 Å². The van der Waals surface area contributed by atoms with Crippen molar-refractivity contribution in [3.63, 3.8) is 0 Å². The number of anilines is 1. The molecule has 1 fully saturated rings. The van der Waals surface area contributed by atoms with Gasteiger partial charge >= 0.3 is 5.97 Å². The Morgan fingerprint density at radius 2 is 1.96 bits per heavy atom. The summed E-state index contributed by atoms with van der Waals surface area (Å²) in [4.78, 5) is 38.5. The maximum Gasteiger partial charge on any atom is 0.326 e. The molecule has 2 amide bonds. The Balaban J connectivity index is 2.23. The van der Waals surface area contributed by atoms with Gasteiger partial charge in [0.25, 0.3) is 5.91 Å². The molecule has 0 aromatic heterocycles. The van der Waals surface area contributed by atoms with Gasteiger partial charge in [-0.15, -0.1) is 0 Å². The molecule has 138 valence electrons. The predicted molar refractivity (Wildman–Crippen MR) is 106 cm³/mol. The first-order valence-corrected chi connectivity index (χ1v) is 8.98. The van der Waals surface area contributed by atoms with Crippen LogP contribution in [-0.4, -0.2) is 52.2 Å². The molecule has 0 saturated carbocycles. The van der Waals surface area contributed by atoms with Gasteiger partial charge in [0.15, 0.2) is 0 Å². The minimum atomic E-state index is -1.22. The number of primary amides is 1. The van der Waals surface area contributed by atoms with Gasteiger partial charge in [-0.25, -0.2) is 4.79 Å². The van der Waals surface area contributed by atoms with Crippen LogP contribution in [0.2, 0.25) is 0 Å². The van der Waals surface area contributed by atoms with E-state index < -0.39 is 23.8 Å². The summed E-state index contributed by atoms with van der Waals surface area (Å²) in [5.41, 5.74) is 6.91. The summed E-state index contributed by atoms with van der Waals surface area (Å²) < 4.78 is 0.156. The van der Waals surface area contributed by atoms with Gasteiger partial charge in [0.05, 0.1) is 4.91 Å². The number of benzene rings is 1. The van der Waals surface area contributed by atoms with E-state index in [2.05, 4.69) is 0 Å². The number of aliphatic carboxylic acids is 1. The van der Waals surface area contributed by atoms with Crippen molar-refractivity contribution in [1.82, 2.24) is 4.90 Å². The van der Waals surface area contributed by atoms with Crippen LogP contribution in [0.4, 0.5) is 5.69 Å². The van der Waals surface area contributed by atoms with Crippen molar-refractivity contribution in [2.45, 2.75) is 18.9 Å². The summed E-state index contributed by atoms with van der Waals surface area (Å²) in [6.45, 7) is 0. The topological polar surface area (TPSA) is 104 Å². The number of hydrogen-bond acceptors (Lipinski definition) is 6. The highest BCUT2D eigenvalue weighted by Gasteiger charge is 2.40. The fourth-order valence-electron chi connectivity index (χ4n) is 2.41. The minimum absolute atomic E-state index is 0.0814. The summed E-state index contributed by atoms with van der Waals surface area (Å²) in [5, 5.41) is 9.40. The van der Waals surface area contributed by atoms with Crippen LogP contribution in [0.25, 0.3) is 6.08 Å². The molecule has 1 unspecified atom stereocenters. The number of carbonyl (C=O) groups is 3. The van der Waals surface area contributed by atoms with Crippen LogP contribution in [0.15, 0.2) is 29.2 Å². The summed E-state index contributed by atoms with van der Waals surface area (Å²) in [6, 6.07) is 6.35. The molecule has 0 radical (unpaired) electrons. The lowest BCUT2D eigenvalue weighted by Gasteiger charge is -2.22. The molecule has 1 heterocycles. The van der Waals surface area contributed by atoms with E-state index in [4.69, 9.17) is 18.0 Å². The highest BCUT2D eigenvalue weighted by atomic mass is 32.2. The zero-order valence-electron chi connectivity index (χ0n) is 14.3. The van der Waals surface area contributed by atoms with Crippen LogP contribution in [0.5, 0.6) is 0 Å². The molecule has 0 bridgehead atoms. The van der Waals surface area contributed by atoms with Crippen LogP contribution in [0.3, 0.4) is 0 Å². The van der Waals surface area contributed by atoms with Gasteiger partial charge in [0, 0.05) is 26.2 Å². The molecule has 7 nitrogen and oxygen atoms in total. The van der Waals surface area contributed by atoms with Gasteiger partial charge in [-0.05, 0) is 30.2 Å². The maximum absolute atomic E-state index is 12.6. The van der Waals surface area contributed by atoms with Crippen LogP contribution < -0.4 is 10.6 Å². The third kappa shape index (κ3) is 4.61. The van der Waals surface area contributed by atoms with Gasteiger partial charge < -0.3 is 15.7 Å². The molecule has 1 saturated heterocycles. The third-order valence-electron chi connectivity index (χ3n) is 3.79. The first kappa shape index (κ1) is 19.9. The molecule has 1 aromatic carbocycles. The van der Waals surface area contributed by atoms with Crippen LogP contribution in [0.1, 0.15) is 18.4 Å². The van der Waals surface area contributed by atoms with Crippen molar-refractivity contribution in [1.29, 1.82) is 0 Å². The standard InChI is InChI=1S/C17H19N3O4S2/c1-19(2)11-5-3-10(4-6-11)9-13-15(22)20(17(25)26-13)12(16(23)24)7-8-14(18)21/h3-6,9,12H,7-8H2,1-2H3,(H2,18,21)(H,23,24)/b13-9-. The van der Waals surface area contributed by atoms with Crippen molar-refractivity contribution >= 4 is 57.8 Å². The largest absolute Gasteiger partial charge is 0.480 e. The number of thiocarbonyl (C=S) groups is 1. The fraction of sp³-hybridized carbons (Fsp3) is 0.294. The number of hydrogen-bond donors (Lipinski definition) is 2. The van der Waals surface area contributed by atoms with Crippen molar-refractivity contribution in [2.24, 2.45) is 5.73 Å². The Kier molecular flexibility index (Phi) is 6.38. The smallest absolute Gasteiger partial charge is 0.326 e. The molecule has 0 aliphatic carbocycles. The number of carboxylic acid groups (broad SMARTS) is 1. The number of thioether (sulfide) groups is 1. The second kappa shape index (κ2) is 8.33. The van der Waals surface area contributed by atoms with Gasteiger partial charge in [-0.3, -0.25) is 14.5 Å². The SMILES string of the molecule is CN(C)c1ccc(/C=C2\SC(=S)N(C(CCC(N)=O)C(=O)O)C2=O)cc1. The molecule has 0 spiro atoms. The van der Waals surface area contributed by atoms with E-state index in [9.17, 15) is 19.5 Å². The van der Waals surface area contributed by atoms with Crippen LogP contribution in [0, 0.1) is 0 Å². The molecule has 1 aliphatic heterocycles. The lowest BCUT2D eigenvalue weighted by atomic mass is 10.1.